The lowest BCUT2D eigenvalue weighted by molar-refractivity contribution is 0.200. The number of hydrogen-bond donors (Lipinski definition) is 2. The highest BCUT2D eigenvalue weighted by atomic mass is 32.2. The summed E-state index contributed by atoms with van der Waals surface area (Å²) in [5, 5.41) is 2.06. The van der Waals surface area contributed by atoms with Crippen LogP contribution in [-0.2, 0) is 16.6 Å². The maximum absolute atomic E-state index is 12.7. The summed E-state index contributed by atoms with van der Waals surface area (Å²) in [7, 11) is -3.61. The molecule has 1 atom stereocenters. The Kier molecular flexibility index (Phi) is 6.03. The lowest BCUT2D eigenvalue weighted by Crippen LogP contribution is -2.48. The number of carbonyl (C=O) groups excluding carboxylic acids is 1. The molecule has 1 fully saturated rings. The van der Waals surface area contributed by atoms with E-state index in [4.69, 9.17) is 0 Å². The smallest absolute Gasteiger partial charge is 0.321 e. The molecule has 1 saturated heterocycles. The number of amides is 2. The molecule has 1 unspecified atom stereocenters. The molecule has 2 N–H and O–H groups in total. The number of pyridine rings is 1. The molecule has 2 heterocycles. The fourth-order valence-corrected chi connectivity index (χ4v) is 4.67. The van der Waals surface area contributed by atoms with Gasteiger partial charge in [0.1, 0.15) is 0 Å². The summed E-state index contributed by atoms with van der Waals surface area (Å²) >= 11 is 0. The molecule has 9 heteroatoms. The molecule has 0 bridgehead atoms. The summed E-state index contributed by atoms with van der Waals surface area (Å²) in [4.78, 5) is 25.8. The van der Waals surface area contributed by atoms with E-state index in [-0.39, 0.29) is 18.1 Å². The van der Waals surface area contributed by atoms with Crippen LogP contribution in [0.15, 0.2) is 53.5 Å². The first-order valence-corrected chi connectivity index (χ1v) is 10.8. The van der Waals surface area contributed by atoms with Crippen molar-refractivity contribution in [2.45, 2.75) is 31.6 Å². The van der Waals surface area contributed by atoms with Gasteiger partial charge in [0.2, 0.25) is 10.0 Å². The van der Waals surface area contributed by atoms with E-state index in [1.165, 1.54) is 15.5 Å². The number of aryl methyl sites for hydroxylation is 1. The number of likely N-dealkylation sites (tertiary alicyclic amines) is 1. The highest BCUT2D eigenvalue weighted by Gasteiger charge is 2.32. The average Bonchev–Trinajstić information content (AvgIpc) is 2.70. The van der Waals surface area contributed by atoms with Crippen LogP contribution in [0, 0.1) is 0 Å². The number of anilines is 2. The summed E-state index contributed by atoms with van der Waals surface area (Å²) in [5.41, 5.74) is 0.862. The zero-order valence-corrected chi connectivity index (χ0v) is 16.5. The van der Waals surface area contributed by atoms with Gasteiger partial charge in [0.05, 0.1) is 10.9 Å². The second kappa shape index (κ2) is 8.47. The number of nitrogens with zero attached hydrogens (tertiary/aromatic N) is 2. The van der Waals surface area contributed by atoms with Crippen LogP contribution in [0.25, 0.3) is 0 Å². The van der Waals surface area contributed by atoms with E-state index < -0.39 is 15.3 Å². The number of para-hydroxylation sites is 1. The number of sulfonamides is 1. The average molecular weight is 404 g/mol. The van der Waals surface area contributed by atoms with Gasteiger partial charge >= 0.3 is 6.03 Å². The van der Waals surface area contributed by atoms with E-state index in [0.29, 0.717) is 37.3 Å². The Hall–Kier alpha value is -2.81. The summed E-state index contributed by atoms with van der Waals surface area (Å²) in [5.74, 6) is 0. The third kappa shape index (κ3) is 4.72. The first-order chi connectivity index (χ1) is 13.4. The predicted octanol–water partition coefficient (Wildman–Crippen LogP) is 2.31. The Morgan fingerprint density at radius 2 is 1.89 bits per heavy atom. The highest BCUT2D eigenvalue weighted by molar-refractivity contribution is 7.93. The van der Waals surface area contributed by atoms with Gasteiger partial charge in [0, 0.05) is 37.6 Å². The molecule has 0 spiro atoms. The van der Waals surface area contributed by atoms with Crippen molar-refractivity contribution in [1.82, 2.24) is 9.47 Å². The molecule has 28 heavy (non-hydrogen) atoms. The van der Waals surface area contributed by atoms with E-state index in [1.54, 1.807) is 36.5 Å². The molecular weight excluding hydrogens is 380 g/mol. The third-order valence-electron chi connectivity index (χ3n) is 4.71. The summed E-state index contributed by atoms with van der Waals surface area (Å²) in [6.45, 7) is 2.93. The number of piperidine rings is 1. The number of rotatable bonds is 5. The van der Waals surface area contributed by atoms with Crippen LogP contribution >= 0.6 is 0 Å². The Morgan fingerprint density at radius 3 is 2.61 bits per heavy atom. The van der Waals surface area contributed by atoms with Gasteiger partial charge < -0.3 is 14.8 Å². The Morgan fingerprint density at radius 1 is 1.14 bits per heavy atom. The van der Waals surface area contributed by atoms with Crippen molar-refractivity contribution in [2.75, 3.05) is 23.1 Å². The topological polar surface area (TPSA) is 101 Å². The zero-order chi connectivity index (χ0) is 20.1. The van der Waals surface area contributed by atoms with Crippen LogP contribution < -0.4 is 15.6 Å². The minimum absolute atomic E-state index is 0.113. The van der Waals surface area contributed by atoms with E-state index in [1.807, 2.05) is 13.0 Å². The van der Waals surface area contributed by atoms with Crippen molar-refractivity contribution in [2.24, 2.45) is 0 Å². The summed E-state index contributed by atoms with van der Waals surface area (Å²) in [6, 6.07) is 11.3. The number of urea groups is 1. The second-order valence-electron chi connectivity index (χ2n) is 6.70. The molecule has 150 valence electrons. The lowest BCUT2D eigenvalue weighted by atomic mass is 10.1. The van der Waals surface area contributed by atoms with Crippen molar-refractivity contribution in [1.29, 1.82) is 0 Å². The molecule has 0 aliphatic carbocycles. The fourth-order valence-electron chi connectivity index (χ4n) is 3.18. The SMILES string of the molecule is CCn1cc(NC(=O)N2CCCC(S(=O)(=O)Nc3ccccc3)C2)ccc1=O. The highest BCUT2D eigenvalue weighted by Crippen LogP contribution is 2.20. The number of nitrogens with one attached hydrogen (secondary N) is 2. The third-order valence-corrected chi connectivity index (χ3v) is 6.50. The second-order valence-corrected chi connectivity index (χ2v) is 8.66. The number of carbonyl (C=O) groups is 1. The van der Waals surface area contributed by atoms with E-state index in [2.05, 4.69) is 10.0 Å². The molecule has 0 saturated carbocycles. The number of aromatic nitrogens is 1. The predicted molar refractivity (Wildman–Crippen MR) is 109 cm³/mol. The molecule has 1 aromatic carbocycles. The molecule has 8 nitrogen and oxygen atoms in total. The van der Waals surface area contributed by atoms with Crippen molar-refractivity contribution >= 4 is 27.4 Å². The molecule has 1 aliphatic rings. The van der Waals surface area contributed by atoms with Gasteiger partial charge in [-0.1, -0.05) is 18.2 Å². The molecule has 0 radical (unpaired) electrons. The molecule has 2 amide bonds. The van der Waals surface area contributed by atoms with Crippen LogP contribution in [0.4, 0.5) is 16.2 Å². The van der Waals surface area contributed by atoms with Gasteiger partial charge in [-0.3, -0.25) is 9.52 Å². The first kappa shape index (κ1) is 19.9. The lowest BCUT2D eigenvalue weighted by Gasteiger charge is -2.32. The Bertz CT molecular complexity index is 988. The van der Waals surface area contributed by atoms with E-state index in [9.17, 15) is 18.0 Å². The van der Waals surface area contributed by atoms with E-state index >= 15 is 0 Å². The van der Waals surface area contributed by atoms with Crippen LogP contribution in [-0.4, -0.2) is 42.3 Å². The van der Waals surface area contributed by atoms with Gasteiger partial charge in [0.15, 0.2) is 0 Å². The first-order valence-electron chi connectivity index (χ1n) is 9.22. The zero-order valence-electron chi connectivity index (χ0n) is 15.7. The van der Waals surface area contributed by atoms with Gasteiger partial charge in [-0.05, 0) is 38.0 Å². The summed E-state index contributed by atoms with van der Waals surface area (Å²) in [6.07, 6.45) is 2.67. The normalized spacial score (nSPS) is 17.2. The molecule has 1 aliphatic heterocycles. The fraction of sp³-hybridized carbons (Fsp3) is 0.368. The van der Waals surface area contributed by atoms with Crippen molar-refractivity contribution < 1.29 is 13.2 Å². The summed E-state index contributed by atoms with van der Waals surface area (Å²) < 4.78 is 29.5. The van der Waals surface area contributed by atoms with Gasteiger partial charge in [-0.25, -0.2) is 13.2 Å². The van der Waals surface area contributed by atoms with Crippen molar-refractivity contribution in [3.05, 3.63) is 59.0 Å². The van der Waals surface area contributed by atoms with Crippen LogP contribution in [0.5, 0.6) is 0 Å². The van der Waals surface area contributed by atoms with Crippen LogP contribution in [0.1, 0.15) is 19.8 Å². The molecule has 1 aromatic heterocycles. The van der Waals surface area contributed by atoms with Crippen molar-refractivity contribution in [3.8, 4) is 0 Å². The number of hydrogen-bond acceptors (Lipinski definition) is 4. The minimum atomic E-state index is -3.61. The van der Waals surface area contributed by atoms with Crippen molar-refractivity contribution in [3.63, 3.8) is 0 Å². The maximum Gasteiger partial charge on any atom is 0.321 e. The number of benzene rings is 1. The van der Waals surface area contributed by atoms with Gasteiger partial charge in [-0.15, -0.1) is 0 Å². The molecule has 3 rings (SSSR count). The quantitative estimate of drug-likeness (QED) is 0.798. The standard InChI is InChI=1S/C19H24N4O4S/c1-2-22-13-16(10-11-18(22)24)20-19(25)23-12-6-9-17(14-23)28(26,27)21-15-7-4-3-5-8-15/h3-5,7-8,10-11,13,17,21H,2,6,9,12,14H2,1H3,(H,20,25). The largest absolute Gasteiger partial charge is 0.323 e. The van der Waals surface area contributed by atoms with Crippen LogP contribution in [0.2, 0.25) is 0 Å². The maximum atomic E-state index is 12.7. The van der Waals surface area contributed by atoms with E-state index in [0.717, 1.165) is 0 Å². The monoisotopic (exact) mass is 404 g/mol. The van der Waals surface area contributed by atoms with Gasteiger partial charge in [0.25, 0.3) is 5.56 Å². The minimum Gasteiger partial charge on any atom is -0.323 e. The van der Waals surface area contributed by atoms with Gasteiger partial charge in [-0.2, -0.15) is 0 Å². The molecule has 2 aromatic rings. The van der Waals surface area contributed by atoms with Crippen LogP contribution in [0.3, 0.4) is 0 Å². The Labute approximate surface area is 164 Å². The molecular formula is C19H24N4O4S. The Balaban J connectivity index is 1.67.